The SMILES string of the molecule is Cc1cc(N2CCCC2)ccc1NC1CCS(=O)(=O)C1. The summed E-state index contributed by atoms with van der Waals surface area (Å²) in [5, 5.41) is 3.38. The smallest absolute Gasteiger partial charge is 0.152 e. The van der Waals surface area contributed by atoms with E-state index in [0.717, 1.165) is 25.2 Å². The van der Waals surface area contributed by atoms with Crippen LogP contribution in [0.3, 0.4) is 0 Å². The van der Waals surface area contributed by atoms with Gasteiger partial charge in [0.15, 0.2) is 9.84 Å². The van der Waals surface area contributed by atoms with Crippen LogP contribution in [0.1, 0.15) is 24.8 Å². The number of nitrogens with zero attached hydrogens (tertiary/aromatic N) is 1. The minimum absolute atomic E-state index is 0.0661. The van der Waals surface area contributed by atoms with Gasteiger partial charge in [-0.05, 0) is 49.9 Å². The molecule has 2 fully saturated rings. The Morgan fingerprint density at radius 3 is 2.60 bits per heavy atom. The third-order valence-electron chi connectivity index (χ3n) is 4.27. The first-order chi connectivity index (χ1) is 9.53. The highest BCUT2D eigenvalue weighted by Crippen LogP contribution is 2.27. The van der Waals surface area contributed by atoms with Crippen LogP contribution in [0.25, 0.3) is 0 Å². The zero-order valence-electron chi connectivity index (χ0n) is 11.9. The van der Waals surface area contributed by atoms with Gasteiger partial charge in [-0.15, -0.1) is 0 Å². The fraction of sp³-hybridized carbons (Fsp3) is 0.600. The number of hydrogen-bond donors (Lipinski definition) is 1. The van der Waals surface area contributed by atoms with Gasteiger partial charge in [0, 0.05) is 30.5 Å². The summed E-state index contributed by atoms with van der Waals surface area (Å²) in [6, 6.07) is 6.51. The Labute approximate surface area is 121 Å². The van der Waals surface area contributed by atoms with E-state index in [-0.39, 0.29) is 11.8 Å². The Hall–Kier alpha value is -1.23. The number of nitrogens with one attached hydrogen (secondary N) is 1. The highest BCUT2D eigenvalue weighted by Gasteiger charge is 2.27. The topological polar surface area (TPSA) is 49.4 Å². The Bertz CT molecular complexity index is 592. The quantitative estimate of drug-likeness (QED) is 0.928. The van der Waals surface area contributed by atoms with Gasteiger partial charge in [0.2, 0.25) is 0 Å². The van der Waals surface area contributed by atoms with Crippen LogP contribution in [0.2, 0.25) is 0 Å². The molecule has 1 atom stereocenters. The maximum atomic E-state index is 11.5. The van der Waals surface area contributed by atoms with Crippen molar-refractivity contribution in [1.29, 1.82) is 0 Å². The zero-order chi connectivity index (χ0) is 14.2. The molecule has 110 valence electrons. The first-order valence-electron chi connectivity index (χ1n) is 7.36. The highest BCUT2D eigenvalue weighted by molar-refractivity contribution is 7.91. The van der Waals surface area contributed by atoms with Crippen LogP contribution in [-0.4, -0.2) is 39.1 Å². The fourth-order valence-corrected chi connectivity index (χ4v) is 4.78. The van der Waals surface area contributed by atoms with Gasteiger partial charge in [-0.3, -0.25) is 0 Å². The largest absolute Gasteiger partial charge is 0.381 e. The van der Waals surface area contributed by atoms with Crippen molar-refractivity contribution in [3.63, 3.8) is 0 Å². The summed E-state index contributed by atoms with van der Waals surface area (Å²) in [6.07, 6.45) is 3.27. The second kappa shape index (κ2) is 5.28. The van der Waals surface area contributed by atoms with Crippen molar-refractivity contribution in [2.24, 2.45) is 0 Å². The van der Waals surface area contributed by atoms with Crippen molar-refractivity contribution >= 4 is 21.2 Å². The number of benzene rings is 1. The maximum absolute atomic E-state index is 11.5. The van der Waals surface area contributed by atoms with Crippen molar-refractivity contribution in [2.75, 3.05) is 34.8 Å². The van der Waals surface area contributed by atoms with Crippen molar-refractivity contribution in [1.82, 2.24) is 0 Å². The molecule has 1 N–H and O–H groups in total. The third-order valence-corrected chi connectivity index (χ3v) is 6.04. The molecule has 2 saturated heterocycles. The fourth-order valence-electron chi connectivity index (χ4n) is 3.11. The summed E-state index contributed by atoms with van der Waals surface area (Å²) in [5.41, 5.74) is 3.54. The van der Waals surface area contributed by atoms with E-state index in [4.69, 9.17) is 0 Å². The Kier molecular flexibility index (Phi) is 3.63. The number of sulfone groups is 1. The van der Waals surface area contributed by atoms with Crippen molar-refractivity contribution in [3.8, 4) is 0 Å². The molecule has 1 aromatic rings. The Balaban J connectivity index is 1.71. The van der Waals surface area contributed by atoms with E-state index in [2.05, 4.69) is 35.3 Å². The van der Waals surface area contributed by atoms with E-state index in [9.17, 15) is 8.42 Å². The summed E-state index contributed by atoms with van der Waals surface area (Å²) >= 11 is 0. The predicted molar refractivity (Wildman–Crippen MR) is 83.3 cm³/mol. The molecule has 2 aliphatic rings. The molecule has 0 spiro atoms. The zero-order valence-corrected chi connectivity index (χ0v) is 12.7. The standard InChI is InChI=1S/C15H22N2O2S/c1-12-10-14(17-7-2-3-8-17)4-5-15(12)16-13-6-9-20(18,19)11-13/h4-5,10,13,16H,2-3,6-9,11H2,1H3. The Morgan fingerprint density at radius 1 is 1.25 bits per heavy atom. The molecule has 0 radical (unpaired) electrons. The normalized spacial score (nSPS) is 25.1. The van der Waals surface area contributed by atoms with Crippen LogP contribution in [0.4, 0.5) is 11.4 Å². The molecule has 0 aliphatic carbocycles. The monoisotopic (exact) mass is 294 g/mol. The molecular formula is C15H22N2O2S. The average Bonchev–Trinajstić information content (AvgIpc) is 3.01. The number of aryl methyl sites for hydroxylation is 1. The molecule has 5 heteroatoms. The van der Waals surface area contributed by atoms with E-state index in [1.54, 1.807) is 0 Å². The van der Waals surface area contributed by atoms with E-state index in [1.807, 2.05) is 0 Å². The maximum Gasteiger partial charge on any atom is 0.152 e. The van der Waals surface area contributed by atoms with Gasteiger partial charge in [0.25, 0.3) is 0 Å². The molecule has 20 heavy (non-hydrogen) atoms. The van der Waals surface area contributed by atoms with Gasteiger partial charge < -0.3 is 10.2 Å². The van der Waals surface area contributed by atoms with Gasteiger partial charge in [-0.25, -0.2) is 8.42 Å². The van der Waals surface area contributed by atoms with Crippen LogP contribution in [0.5, 0.6) is 0 Å². The Morgan fingerprint density at radius 2 is 2.00 bits per heavy atom. The molecule has 2 heterocycles. The van der Waals surface area contributed by atoms with E-state index in [1.165, 1.54) is 24.1 Å². The molecule has 0 amide bonds. The first-order valence-corrected chi connectivity index (χ1v) is 9.18. The van der Waals surface area contributed by atoms with Crippen LogP contribution in [-0.2, 0) is 9.84 Å². The van der Waals surface area contributed by atoms with Gasteiger partial charge in [-0.2, -0.15) is 0 Å². The molecule has 0 aromatic heterocycles. The van der Waals surface area contributed by atoms with Crippen molar-refractivity contribution in [3.05, 3.63) is 23.8 Å². The molecule has 1 aromatic carbocycles. The summed E-state index contributed by atoms with van der Waals surface area (Å²) in [4.78, 5) is 2.41. The van der Waals surface area contributed by atoms with Crippen LogP contribution < -0.4 is 10.2 Å². The van der Waals surface area contributed by atoms with E-state index >= 15 is 0 Å². The average molecular weight is 294 g/mol. The van der Waals surface area contributed by atoms with E-state index < -0.39 is 9.84 Å². The lowest BCUT2D eigenvalue weighted by atomic mass is 10.1. The highest BCUT2D eigenvalue weighted by atomic mass is 32.2. The van der Waals surface area contributed by atoms with Gasteiger partial charge in [-0.1, -0.05) is 0 Å². The van der Waals surface area contributed by atoms with Crippen LogP contribution in [0.15, 0.2) is 18.2 Å². The number of anilines is 2. The third kappa shape index (κ3) is 2.92. The van der Waals surface area contributed by atoms with Crippen LogP contribution in [0, 0.1) is 6.92 Å². The predicted octanol–water partition coefficient (Wildman–Crippen LogP) is 2.19. The second-order valence-corrected chi connectivity index (χ2v) is 8.17. The van der Waals surface area contributed by atoms with Gasteiger partial charge >= 0.3 is 0 Å². The minimum Gasteiger partial charge on any atom is -0.381 e. The molecule has 2 aliphatic heterocycles. The van der Waals surface area contributed by atoms with Crippen molar-refractivity contribution < 1.29 is 8.42 Å². The molecule has 0 bridgehead atoms. The molecule has 1 unspecified atom stereocenters. The van der Waals surface area contributed by atoms with Crippen molar-refractivity contribution in [2.45, 2.75) is 32.2 Å². The summed E-state index contributed by atoms with van der Waals surface area (Å²) in [5.74, 6) is 0.579. The van der Waals surface area contributed by atoms with Gasteiger partial charge in [0.1, 0.15) is 0 Å². The number of hydrogen-bond acceptors (Lipinski definition) is 4. The molecular weight excluding hydrogens is 272 g/mol. The minimum atomic E-state index is -2.82. The molecule has 0 saturated carbocycles. The second-order valence-electron chi connectivity index (χ2n) is 5.94. The number of rotatable bonds is 3. The molecule has 3 rings (SSSR count). The summed E-state index contributed by atoms with van der Waals surface area (Å²) in [6.45, 7) is 4.38. The lowest BCUT2D eigenvalue weighted by molar-refractivity contribution is 0.602. The summed E-state index contributed by atoms with van der Waals surface area (Å²) in [7, 11) is -2.82. The van der Waals surface area contributed by atoms with Crippen LogP contribution >= 0.6 is 0 Å². The lowest BCUT2D eigenvalue weighted by Gasteiger charge is -2.21. The first kappa shape index (κ1) is 13.7. The summed E-state index contributed by atoms with van der Waals surface area (Å²) < 4.78 is 23.0. The molecule has 4 nitrogen and oxygen atoms in total. The lowest BCUT2D eigenvalue weighted by Crippen LogP contribution is -2.21. The van der Waals surface area contributed by atoms with Gasteiger partial charge in [0.05, 0.1) is 11.5 Å². The van der Waals surface area contributed by atoms with E-state index in [0.29, 0.717) is 5.75 Å².